The van der Waals surface area contributed by atoms with E-state index in [2.05, 4.69) is 12.2 Å². The Kier molecular flexibility index (Phi) is 6.31. The number of sulfone groups is 1. The van der Waals surface area contributed by atoms with Crippen molar-refractivity contribution in [2.75, 3.05) is 25.7 Å². The summed E-state index contributed by atoms with van der Waals surface area (Å²) in [4.78, 5) is 0. The third kappa shape index (κ3) is 6.07. The van der Waals surface area contributed by atoms with Gasteiger partial charge in [0, 0.05) is 12.3 Å². The van der Waals surface area contributed by atoms with Crippen LogP contribution in [-0.4, -0.2) is 34.1 Å². The van der Waals surface area contributed by atoms with Gasteiger partial charge >= 0.3 is 0 Å². The second-order valence-electron chi connectivity index (χ2n) is 4.65. The van der Waals surface area contributed by atoms with E-state index in [1.54, 1.807) is 0 Å². The molecule has 0 heterocycles. The highest BCUT2D eigenvalue weighted by molar-refractivity contribution is 7.90. The summed E-state index contributed by atoms with van der Waals surface area (Å²) in [6.45, 7) is 2.56. The van der Waals surface area contributed by atoms with Crippen molar-refractivity contribution in [2.45, 2.75) is 25.8 Å². The van der Waals surface area contributed by atoms with Gasteiger partial charge in [-0.3, -0.25) is 0 Å². The van der Waals surface area contributed by atoms with E-state index >= 15 is 0 Å². The molecule has 0 bridgehead atoms. The average Bonchev–Trinajstić information content (AvgIpc) is 2.37. The fourth-order valence-corrected chi connectivity index (χ4v) is 2.56. The van der Waals surface area contributed by atoms with Gasteiger partial charge in [0.2, 0.25) is 0 Å². The maximum Gasteiger partial charge on any atom is 0.147 e. The highest BCUT2D eigenvalue weighted by Crippen LogP contribution is 2.19. The van der Waals surface area contributed by atoms with Crippen LogP contribution in [0.4, 0.5) is 0 Å². The van der Waals surface area contributed by atoms with E-state index in [0.29, 0.717) is 19.1 Å². The zero-order chi connectivity index (χ0) is 14.3. The lowest BCUT2D eigenvalue weighted by Crippen LogP contribution is -2.15. The van der Waals surface area contributed by atoms with Crippen LogP contribution < -0.4 is 10.1 Å². The molecular formula is C14H23NO3S. The molecule has 1 rings (SSSR count). The van der Waals surface area contributed by atoms with Gasteiger partial charge in [0.25, 0.3) is 0 Å². The topological polar surface area (TPSA) is 55.4 Å². The van der Waals surface area contributed by atoms with E-state index in [-0.39, 0.29) is 5.75 Å². The van der Waals surface area contributed by atoms with Crippen molar-refractivity contribution < 1.29 is 13.2 Å². The minimum Gasteiger partial charge on any atom is -0.494 e. The lowest BCUT2D eigenvalue weighted by molar-refractivity contribution is 0.317. The third-order valence-corrected chi connectivity index (χ3v) is 4.00. The Hall–Kier alpha value is -1.07. The summed E-state index contributed by atoms with van der Waals surface area (Å²) in [5, 5.41) is 3.25. The second kappa shape index (κ2) is 7.50. The molecule has 0 saturated heterocycles. The highest BCUT2D eigenvalue weighted by Gasteiger charge is 2.06. The molecule has 5 heteroatoms. The first-order chi connectivity index (χ1) is 8.96. The lowest BCUT2D eigenvalue weighted by atomic mass is 10.1. The van der Waals surface area contributed by atoms with Crippen molar-refractivity contribution in [1.82, 2.24) is 5.32 Å². The summed E-state index contributed by atoms with van der Waals surface area (Å²) in [5.74, 6) is 0.950. The van der Waals surface area contributed by atoms with E-state index in [4.69, 9.17) is 4.74 Å². The average molecular weight is 285 g/mol. The van der Waals surface area contributed by atoms with Crippen molar-refractivity contribution in [2.24, 2.45) is 0 Å². The molecule has 0 aliphatic carbocycles. The van der Waals surface area contributed by atoms with Gasteiger partial charge in [0.05, 0.1) is 12.4 Å². The molecule has 0 amide bonds. The summed E-state index contributed by atoms with van der Waals surface area (Å²) in [7, 11) is -0.943. The van der Waals surface area contributed by atoms with Crippen LogP contribution in [0.15, 0.2) is 24.3 Å². The van der Waals surface area contributed by atoms with Gasteiger partial charge in [-0.2, -0.15) is 0 Å². The molecule has 108 valence electrons. The normalized spacial score (nSPS) is 13.2. The van der Waals surface area contributed by atoms with Crippen LogP contribution in [0.1, 0.15) is 31.4 Å². The number of benzene rings is 1. The monoisotopic (exact) mass is 285 g/mol. The molecule has 1 atom stereocenters. The molecule has 4 nitrogen and oxygen atoms in total. The molecule has 1 aromatic rings. The Balaban J connectivity index is 2.44. The summed E-state index contributed by atoms with van der Waals surface area (Å²) in [6.07, 6.45) is 2.80. The van der Waals surface area contributed by atoms with Crippen molar-refractivity contribution in [1.29, 1.82) is 0 Å². The smallest absolute Gasteiger partial charge is 0.147 e. The van der Waals surface area contributed by atoms with Crippen LogP contribution in [0, 0.1) is 0 Å². The zero-order valence-electron chi connectivity index (χ0n) is 11.8. The highest BCUT2D eigenvalue weighted by atomic mass is 32.2. The van der Waals surface area contributed by atoms with E-state index in [1.165, 1.54) is 11.8 Å². The first kappa shape index (κ1) is 16.0. The maximum absolute atomic E-state index is 11.0. The number of rotatable bonds is 8. The molecule has 1 aromatic carbocycles. The molecule has 0 aliphatic heterocycles. The standard InChI is InChI=1S/C14H23NO3S/c1-4-14(15-2)12-6-8-13(9-7-12)18-10-5-11-19(3,16)17/h6-9,14-15H,4-5,10-11H2,1-3H3. The second-order valence-corrected chi connectivity index (χ2v) is 6.91. The van der Waals surface area contributed by atoms with Gasteiger partial charge in [-0.25, -0.2) is 8.42 Å². The molecule has 0 spiro atoms. The number of ether oxygens (including phenoxy) is 1. The van der Waals surface area contributed by atoms with Crippen molar-refractivity contribution in [3.63, 3.8) is 0 Å². The molecule has 0 saturated carbocycles. The first-order valence-corrected chi connectivity index (χ1v) is 8.60. The fourth-order valence-electron chi connectivity index (χ4n) is 1.91. The predicted octanol–water partition coefficient (Wildman–Crippen LogP) is 2.17. The lowest BCUT2D eigenvalue weighted by Gasteiger charge is -2.14. The van der Waals surface area contributed by atoms with E-state index in [1.807, 2.05) is 31.3 Å². The summed E-state index contributed by atoms with van der Waals surface area (Å²) >= 11 is 0. The van der Waals surface area contributed by atoms with Crippen molar-refractivity contribution in [3.8, 4) is 5.75 Å². The number of hydrogen-bond donors (Lipinski definition) is 1. The van der Waals surface area contributed by atoms with Crippen molar-refractivity contribution >= 4 is 9.84 Å². The molecule has 0 aromatic heterocycles. The summed E-state index contributed by atoms with van der Waals surface area (Å²) in [6, 6.07) is 8.29. The first-order valence-electron chi connectivity index (χ1n) is 6.54. The minimum absolute atomic E-state index is 0.169. The minimum atomic E-state index is -2.89. The van der Waals surface area contributed by atoms with E-state index < -0.39 is 9.84 Å². The molecule has 0 fully saturated rings. The van der Waals surface area contributed by atoms with Crippen LogP contribution in [0.2, 0.25) is 0 Å². The van der Waals surface area contributed by atoms with Gasteiger partial charge in [0.1, 0.15) is 15.6 Å². The molecule has 0 radical (unpaired) electrons. The molecule has 19 heavy (non-hydrogen) atoms. The SMILES string of the molecule is CCC(NC)c1ccc(OCCCS(C)(=O)=O)cc1. The molecular weight excluding hydrogens is 262 g/mol. The van der Waals surface area contributed by atoms with Crippen molar-refractivity contribution in [3.05, 3.63) is 29.8 Å². The third-order valence-electron chi connectivity index (χ3n) is 2.97. The largest absolute Gasteiger partial charge is 0.494 e. The van der Waals surface area contributed by atoms with Crippen LogP contribution in [0.5, 0.6) is 5.75 Å². The van der Waals surface area contributed by atoms with E-state index in [0.717, 1.165) is 12.2 Å². The molecule has 1 N–H and O–H groups in total. The van der Waals surface area contributed by atoms with Gasteiger partial charge in [-0.1, -0.05) is 19.1 Å². The van der Waals surface area contributed by atoms with Gasteiger partial charge in [-0.15, -0.1) is 0 Å². The van der Waals surface area contributed by atoms with Gasteiger partial charge in [0.15, 0.2) is 0 Å². The van der Waals surface area contributed by atoms with Crippen LogP contribution in [0.25, 0.3) is 0 Å². The quantitative estimate of drug-likeness (QED) is 0.744. The Bertz CT molecular complexity index is 464. The van der Waals surface area contributed by atoms with E-state index in [9.17, 15) is 8.42 Å². The van der Waals surface area contributed by atoms with Gasteiger partial charge in [-0.05, 0) is 37.6 Å². The Morgan fingerprint density at radius 3 is 2.37 bits per heavy atom. The predicted molar refractivity (Wildman–Crippen MR) is 78.4 cm³/mol. The van der Waals surface area contributed by atoms with Crippen LogP contribution >= 0.6 is 0 Å². The Morgan fingerprint density at radius 2 is 1.89 bits per heavy atom. The van der Waals surface area contributed by atoms with Crippen LogP contribution in [-0.2, 0) is 9.84 Å². The Morgan fingerprint density at radius 1 is 1.26 bits per heavy atom. The fraction of sp³-hybridized carbons (Fsp3) is 0.571. The molecule has 1 unspecified atom stereocenters. The summed E-state index contributed by atoms with van der Waals surface area (Å²) in [5.41, 5.74) is 1.23. The number of hydrogen-bond acceptors (Lipinski definition) is 4. The number of nitrogens with one attached hydrogen (secondary N) is 1. The molecule has 0 aliphatic rings. The summed E-state index contributed by atoms with van der Waals surface area (Å²) < 4.78 is 27.5. The Labute approximate surface area is 116 Å². The maximum atomic E-state index is 11.0. The zero-order valence-corrected chi connectivity index (χ0v) is 12.7. The van der Waals surface area contributed by atoms with Gasteiger partial charge < -0.3 is 10.1 Å². The van der Waals surface area contributed by atoms with Crippen LogP contribution in [0.3, 0.4) is 0 Å².